The minimum atomic E-state index is -0.875. The smallest absolute Gasteiger partial charge is 0.332 e. The van der Waals surface area contributed by atoms with Gasteiger partial charge in [0.05, 0.1) is 12.8 Å². The maximum absolute atomic E-state index is 13.7. The molecule has 7 heteroatoms. The van der Waals surface area contributed by atoms with E-state index in [0.717, 1.165) is 24.8 Å². The molecular weight excluding hydrogens is 268 g/mol. The summed E-state index contributed by atoms with van der Waals surface area (Å²) >= 11 is 0. The van der Waals surface area contributed by atoms with E-state index in [9.17, 15) is 13.6 Å². The maximum atomic E-state index is 13.7. The van der Waals surface area contributed by atoms with Crippen LogP contribution in [0.1, 0.15) is 25.8 Å². The summed E-state index contributed by atoms with van der Waals surface area (Å²) in [6, 6.07) is 0.907. The van der Waals surface area contributed by atoms with Crippen molar-refractivity contribution in [1.29, 1.82) is 0 Å². The Labute approximate surface area is 115 Å². The molecule has 2 amide bonds. The van der Waals surface area contributed by atoms with Crippen LogP contribution >= 0.6 is 0 Å². The number of amides is 2. The third-order valence-electron chi connectivity index (χ3n) is 2.36. The fourth-order valence-corrected chi connectivity index (χ4v) is 1.39. The number of carbonyl (C=O) groups excluding carboxylic acids is 1. The highest BCUT2D eigenvalue weighted by Crippen LogP contribution is 2.23. The molecule has 0 aliphatic rings. The van der Waals surface area contributed by atoms with E-state index < -0.39 is 17.7 Å². The van der Waals surface area contributed by atoms with Crippen LogP contribution in [-0.2, 0) is 0 Å². The Morgan fingerprint density at radius 2 is 2.20 bits per heavy atom. The predicted octanol–water partition coefficient (Wildman–Crippen LogP) is 2.39. The number of benzene rings is 1. The largest absolute Gasteiger partial charge is 0.490 e. The van der Waals surface area contributed by atoms with Crippen molar-refractivity contribution < 1.29 is 18.3 Å². The average Bonchev–Trinajstić information content (AvgIpc) is 2.31. The van der Waals surface area contributed by atoms with Crippen LogP contribution in [0.25, 0.3) is 0 Å². The van der Waals surface area contributed by atoms with E-state index in [1.54, 1.807) is 0 Å². The van der Waals surface area contributed by atoms with Gasteiger partial charge < -0.3 is 10.5 Å². The fraction of sp³-hybridized carbons (Fsp3) is 0.385. The normalized spacial score (nSPS) is 11.1. The van der Waals surface area contributed by atoms with Crippen LogP contribution in [0.15, 0.2) is 17.2 Å². The molecule has 0 aliphatic carbocycles. The molecule has 1 rings (SSSR count). The molecule has 110 valence electrons. The Bertz CT molecular complexity index is 505. The van der Waals surface area contributed by atoms with Gasteiger partial charge in [0.25, 0.3) is 0 Å². The van der Waals surface area contributed by atoms with Crippen LogP contribution in [0.2, 0.25) is 0 Å². The lowest BCUT2D eigenvalue weighted by atomic mass is 10.1. The summed E-state index contributed by atoms with van der Waals surface area (Å²) in [4.78, 5) is 10.5. The fourth-order valence-electron chi connectivity index (χ4n) is 1.39. The third kappa shape index (κ3) is 5.21. The number of primary amides is 1. The summed E-state index contributed by atoms with van der Waals surface area (Å²) in [5.41, 5.74) is 6.85. The van der Waals surface area contributed by atoms with Gasteiger partial charge in [-0.3, -0.25) is 0 Å². The van der Waals surface area contributed by atoms with Gasteiger partial charge in [-0.25, -0.2) is 19.0 Å². The van der Waals surface area contributed by atoms with Crippen LogP contribution in [0, 0.1) is 17.6 Å². The van der Waals surface area contributed by atoms with Gasteiger partial charge in [0.2, 0.25) is 0 Å². The van der Waals surface area contributed by atoms with Crippen molar-refractivity contribution in [2.75, 3.05) is 6.61 Å². The molecule has 0 fully saturated rings. The Morgan fingerprint density at radius 1 is 1.50 bits per heavy atom. The summed E-state index contributed by atoms with van der Waals surface area (Å²) in [5.74, 6) is -1.30. The van der Waals surface area contributed by atoms with Gasteiger partial charge in [0.15, 0.2) is 11.6 Å². The van der Waals surface area contributed by atoms with E-state index in [2.05, 4.69) is 5.10 Å². The number of ether oxygens (including phenoxy) is 1. The molecule has 0 atom stereocenters. The number of nitrogens with one attached hydrogen (secondary N) is 1. The Kier molecular flexibility index (Phi) is 5.89. The van der Waals surface area contributed by atoms with Gasteiger partial charge >= 0.3 is 6.03 Å². The first kappa shape index (κ1) is 15.9. The van der Waals surface area contributed by atoms with Gasteiger partial charge in [0.1, 0.15) is 5.82 Å². The molecule has 0 saturated heterocycles. The molecule has 3 N–H and O–H groups in total. The number of hydrazone groups is 1. The van der Waals surface area contributed by atoms with E-state index in [0.29, 0.717) is 12.5 Å². The van der Waals surface area contributed by atoms with Crippen LogP contribution in [0.4, 0.5) is 13.6 Å². The van der Waals surface area contributed by atoms with E-state index >= 15 is 0 Å². The number of nitrogens with two attached hydrogens (primary N) is 1. The summed E-state index contributed by atoms with van der Waals surface area (Å²) in [6.07, 6.45) is 1.80. The van der Waals surface area contributed by atoms with Crippen molar-refractivity contribution in [2.24, 2.45) is 16.8 Å². The average molecular weight is 285 g/mol. The summed E-state index contributed by atoms with van der Waals surface area (Å²) in [6.45, 7) is 4.30. The first-order valence-electron chi connectivity index (χ1n) is 6.10. The van der Waals surface area contributed by atoms with Crippen molar-refractivity contribution in [3.63, 3.8) is 0 Å². The molecule has 1 aromatic carbocycles. The molecule has 0 bridgehead atoms. The number of halogens is 2. The highest BCUT2D eigenvalue weighted by molar-refractivity contribution is 5.84. The molecule has 0 spiro atoms. The highest BCUT2D eigenvalue weighted by atomic mass is 19.1. The lowest BCUT2D eigenvalue weighted by molar-refractivity contribution is 0.249. The van der Waals surface area contributed by atoms with Crippen LogP contribution in [0.5, 0.6) is 5.75 Å². The molecule has 0 aromatic heterocycles. The molecule has 20 heavy (non-hydrogen) atoms. The summed E-state index contributed by atoms with van der Waals surface area (Å²) in [5, 5.41) is 3.46. The van der Waals surface area contributed by atoms with E-state index in [1.807, 2.05) is 19.3 Å². The second kappa shape index (κ2) is 7.42. The molecule has 1 aromatic rings. The molecule has 0 aliphatic heterocycles. The van der Waals surface area contributed by atoms with Crippen molar-refractivity contribution in [1.82, 2.24) is 5.43 Å². The number of rotatable bonds is 6. The van der Waals surface area contributed by atoms with Crippen molar-refractivity contribution in [3.05, 3.63) is 29.3 Å². The summed E-state index contributed by atoms with van der Waals surface area (Å²) in [7, 11) is 0. The standard InChI is InChI=1S/C13H17F2N3O2/c1-8(2)3-4-20-12-9(7-17-18-13(16)19)5-10(14)6-11(12)15/h5-8H,3-4H2,1-2H3,(H3,16,18,19). The zero-order valence-corrected chi connectivity index (χ0v) is 11.3. The lowest BCUT2D eigenvalue weighted by Crippen LogP contribution is -2.24. The number of hydrogen-bond acceptors (Lipinski definition) is 3. The molecule has 0 radical (unpaired) electrons. The monoisotopic (exact) mass is 285 g/mol. The SMILES string of the molecule is CC(C)CCOc1c(F)cc(F)cc1C=NNC(N)=O. The predicted molar refractivity (Wildman–Crippen MR) is 71.6 cm³/mol. The van der Waals surface area contributed by atoms with Crippen LogP contribution in [-0.4, -0.2) is 18.9 Å². The van der Waals surface area contributed by atoms with Gasteiger partial charge in [0, 0.05) is 11.6 Å². The third-order valence-corrected chi connectivity index (χ3v) is 2.36. The van der Waals surface area contributed by atoms with Crippen molar-refractivity contribution in [3.8, 4) is 5.75 Å². The van der Waals surface area contributed by atoms with E-state index in [1.165, 1.54) is 0 Å². The minimum absolute atomic E-state index is 0.0833. The first-order valence-corrected chi connectivity index (χ1v) is 6.10. The zero-order chi connectivity index (χ0) is 15.1. The van der Waals surface area contributed by atoms with E-state index in [4.69, 9.17) is 10.5 Å². The molecule has 0 unspecified atom stereocenters. The number of urea groups is 1. The zero-order valence-electron chi connectivity index (χ0n) is 11.3. The summed E-state index contributed by atoms with van der Waals surface area (Å²) < 4.78 is 32.2. The second-order valence-corrected chi connectivity index (χ2v) is 4.57. The van der Waals surface area contributed by atoms with Crippen LogP contribution in [0.3, 0.4) is 0 Å². The first-order chi connectivity index (χ1) is 9.40. The lowest BCUT2D eigenvalue weighted by Gasteiger charge is -2.11. The maximum Gasteiger partial charge on any atom is 0.332 e. The van der Waals surface area contributed by atoms with Gasteiger partial charge in [-0.05, 0) is 18.4 Å². The Morgan fingerprint density at radius 3 is 2.80 bits per heavy atom. The minimum Gasteiger partial charge on any atom is -0.490 e. The number of nitrogens with zero attached hydrogens (tertiary/aromatic N) is 1. The Hall–Kier alpha value is -2.18. The van der Waals surface area contributed by atoms with Crippen molar-refractivity contribution in [2.45, 2.75) is 20.3 Å². The quantitative estimate of drug-likeness (QED) is 0.622. The molecular formula is C13H17F2N3O2. The highest BCUT2D eigenvalue weighted by Gasteiger charge is 2.12. The van der Waals surface area contributed by atoms with Crippen molar-refractivity contribution >= 4 is 12.2 Å². The Balaban J connectivity index is 2.89. The molecule has 0 saturated carbocycles. The number of carbonyl (C=O) groups is 1. The van der Waals surface area contributed by atoms with Gasteiger partial charge in [-0.2, -0.15) is 5.10 Å². The van der Waals surface area contributed by atoms with E-state index in [-0.39, 0.29) is 11.3 Å². The number of hydrogen-bond donors (Lipinski definition) is 2. The molecule has 0 heterocycles. The topological polar surface area (TPSA) is 76.7 Å². The second-order valence-electron chi connectivity index (χ2n) is 4.57. The van der Waals surface area contributed by atoms with Crippen LogP contribution < -0.4 is 15.9 Å². The van der Waals surface area contributed by atoms with Gasteiger partial charge in [-0.15, -0.1) is 0 Å². The molecule has 5 nitrogen and oxygen atoms in total. The van der Waals surface area contributed by atoms with Gasteiger partial charge in [-0.1, -0.05) is 13.8 Å².